The average Bonchev–Trinajstić information content (AvgIpc) is 2.56. The van der Waals surface area contributed by atoms with Gasteiger partial charge in [0.1, 0.15) is 11.6 Å². The van der Waals surface area contributed by atoms with Gasteiger partial charge in [0.15, 0.2) is 0 Å². The van der Waals surface area contributed by atoms with Crippen LogP contribution in [0.1, 0.15) is 24.2 Å². The van der Waals surface area contributed by atoms with Gasteiger partial charge < -0.3 is 5.32 Å². The van der Waals surface area contributed by atoms with Gasteiger partial charge in [-0.25, -0.2) is 8.78 Å². The number of aromatic nitrogens is 2. The topological polar surface area (TPSA) is 29.9 Å². The molecule has 1 N–H and O–H groups in total. The molecule has 0 aliphatic heterocycles. The third-order valence-electron chi connectivity index (χ3n) is 2.76. The highest BCUT2D eigenvalue weighted by molar-refractivity contribution is 5.46. The fraction of sp³-hybridized carbons (Fsp3) is 0.308. The number of nitrogens with zero attached hydrogens (tertiary/aromatic N) is 2. The van der Waals surface area contributed by atoms with Gasteiger partial charge in [0, 0.05) is 30.6 Å². The van der Waals surface area contributed by atoms with E-state index in [-0.39, 0.29) is 6.04 Å². The van der Waals surface area contributed by atoms with E-state index < -0.39 is 11.6 Å². The SMILES string of the molecule is Cc1nn(C)cc1C(C)Nc1cc(F)cc(F)c1. The number of hydrogen-bond acceptors (Lipinski definition) is 2. The van der Waals surface area contributed by atoms with Crippen molar-refractivity contribution in [1.82, 2.24) is 9.78 Å². The molecule has 0 amide bonds. The Kier molecular flexibility index (Phi) is 3.32. The molecular formula is C13H15F2N3. The quantitative estimate of drug-likeness (QED) is 0.908. The van der Waals surface area contributed by atoms with Gasteiger partial charge in [0.05, 0.1) is 11.7 Å². The van der Waals surface area contributed by atoms with Gasteiger partial charge in [0.25, 0.3) is 0 Å². The van der Waals surface area contributed by atoms with E-state index in [4.69, 9.17) is 0 Å². The number of rotatable bonds is 3. The second-order valence-electron chi connectivity index (χ2n) is 4.37. The minimum Gasteiger partial charge on any atom is -0.378 e. The van der Waals surface area contributed by atoms with E-state index in [1.807, 2.05) is 27.1 Å². The standard InChI is InChI=1S/C13H15F2N3/c1-8(13-7-18(3)17-9(13)2)16-12-5-10(14)4-11(15)6-12/h4-8,16H,1-3H3. The lowest BCUT2D eigenvalue weighted by Crippen LogP contribution is -2.07. The lowest BCUT2D eigenvalue weighted by atomic mass is 10.1. The third-order valence-corrected chi connectivity index (χ3v) is 2.76. The Hall–Kier alpha value is -1.91. The summed E-state index contributed by atoms with van der Waals surface area (Å²) >= 11 is 0. The predicted octanol–water partition coefficient (Wildman–Crippen LogP) is 3.18. The maximum absolute atomic E-state index is 13.1. The Bertz CT molecular complexity index is 543. The molecule has 0 saturated carbocycles. The maximum atomic E-state index is 13.1. The summed E-state index contributed by atoms with van der Waals surface area (Å²) in [5, 5.41) is 7.30. The van der Waals surface area contributed by atoms with Crippen LogP contribution in [-0.4, -0.2) is 9.78 Å². The molecule has 0 aliphatic rings. The Labute approximate surface area is 104 Å². The summed E-state index contributed by atoms with van der Waals surface area (Å²) in [4.78, 5) is 0. The molecule has 5 heteroatoms. The van der Waals surface area contributed by atoms with Crippen molar-refractivity contribution in [3.05, 3.63) is 47.3 Å². The Morgan fingerprint density at radius 3 is 2.33 bits per heavy atom. The molecule has 3 nitrogen and oxygen atoms in total. The number of nitrogens with one attached hydrogen (secondary N) is 1. The average molecular weight is 251 g/mol. The molecule has 2 aromatic rings. The van der Waals surface area contributed by atoms with Crippen molar-refractivity contribution in [1.29, 1.82) is 0 Å². The monoisotopic (exact) mass is 251 g/mol. The molecule has 1 aromatic carbocycles. The summed E-state index contributed by atoms with van der Waals surface area (Å²) in [6.45, 7) is 3.83. The van der Waals surface area contributed by atoms with Crippen LogP contribution in [0.5, 0.6) is 0 Å². The fourth-order valence-electron chi connectivity index (χ4n) is 2.01. The summed E-state index contributed by atoms with van der Waals surface area (Å²) in [5.74, 6) is -1.18. The highest BCUT2D eigenvalue weighted by Gasteiger charge is 2.12. The van der Waals surface area contributed by atoms with Crippen molar-refractivity contribution in [2.75, 3.05) is 5.32 Å². The molecule has 0 radical (unpaired) electrons. The first kappa shape index (κ1) is 12.5. The van der Waals surface area contributed by atoms with Crippen LogP contribution in [0.3, 0.4) is 0 Å². The largest absolute Gasteiger partial charge is 0.378 e. The van der Waals surface area contributed by atoms with E-state index in [1.54, 1.807) is 4.68 Å². The molecule has 2 rings (SSSR count). The molecule has 1 heterocycles. The van der Waals surface area contributed by atoms with Crippen LogP contribution in [0.4, 0.5) is 14.5 Å². The van der Waals surface area contributed by atoms with Crippen LogP contribution in [0.15, 0.2) is 24.4 Å². The highest BCUT2D eigenvalue weighted by Crippen LogP contribution is 2.22. The Morgan fingerprint density at radius 1 is 1.22 bits per heavy atom. The highest BCUT2D eigenvalue weighted by atomic mass is 19.1. The number of anilines is 1. The van der Waals surface area contributed by atoms with E-state index in [9.17, 15) is 8.78 Å². The zero-order valence-electron chi connectivity index (χ0n) is 10.5. The van der Waals surface area contributed by atoms with Crippen LogP contribution >= 0.6 is 0 Å². The van der Waals surface area contributed by atoms with Crippen LogP contribution in [0.25, 0.3) is 0 Å². The summed E-state index contributed by atoms with van der Waals surface area (Å²) < 4.78 is 27.9. The number of benzene rings is 1. The minimum atomic E-state index is -0.590. The molecule has 0 fully saturated rings. The van der Waals surface area contributed by atoms with Gasteiger partial charge in [-0.05, 0) is 26.0 Å². The molecule has 18 heavy (non-hydrogen) atoms. The van der Waals surface area contributed by atoms with Gasteiger partial charge in [0.2, 0.25) is 0 Å². The third kappa shape index (κ3) is 2.67. The summed E-state index contributed by atoms with van der Waals surface area (Å²) in [6, 6.07) is 3.32. The van der Waals surface area contributed by atoms with E-state index in [0.29, 0.717) is 5.69 Å². The van der Waals surface area contributed by atoms with Crippen LogP contribution < -0.4 is 5.32 Å². The second-order valence-corrected chi connectivity index (χ2v) is 4.37. The summed E-state index contributed by atoms with van der Waals surface area (Å²) in [7, 11) is 1.84. The first-order valence-corrected chi connectivity index (χ1v) is 5.68. The zero-order chi connectivity index (χ0) is 13.3. The molecule has 1 atom stereocenters. The number of hydrogen-bond donors (Lipinski definition) is 1. The predicted molar refractivity (Wildman–Crippen MR) is 66.3 cm³/mol. The van der Waals surface area contributed by atoms with Gasteiger partial charge in [-0.2, -0.15) is 5.10 Å². The molecular weight excluding hydrogens is 236 g/mol. The van der Waals surface area contributed by atoms with Crippen molar-refractivity contribution in [3.8, 4) is 0 Å². The Balaban J connectivity index is 2.20. The van der Waals surface area contributed by atoms with Gasteiger partial charge in [-0.1, -0.05) is 0 Å². The van der Waals surface area contributed by atoms with Crippen molar-refractivity contribution < 1.29 is 8.78 Å². The summed E-state index contributed by atoms with van der Waals surface area (Å²) in [6.07, 6.45) is 1.89. The molecule has 0 spiro atoms. The van der Waals surface area contributed by atoms with Gasteiger partial charge in [-0.15, -0.1) is 0 Å². The molecule has 1 unspecified atom stereocenters. The maximum Gasteiger partial charge on any atom is 0.128 e. The molecule has 0 aliphatic carbocycles. The van der Waals surface area contributed by atoms with Crippen LogP contribution in [0, 0.1) is 18.6 Å². The first-order valence-electron chi connectivity index (χ1n) is 5.68. The zero-order valence-corrected chi connectivity index (χ0v) is 10.5. The number of halogens is 2. The van der Waals surface area contributed by atoms with Gasteiger partial charge >= 0.3 is 0 Å². The summed E-state index contributed by atoms with van der Waals surface area (Å²) in [5.41, 5.74) is 2.32. The molecule has 1 aromatic heterocycles. The van der Waals surface area contributed by atoms with Gasteiger partial charge in [-0.3, -0.25) is 4.68 Å². The fourth-order valence-corrected chi connectivity index (χ4v) is 2.01. The minimum absolute atomic E-state index is 0.0695. The molecule has 0 bridgehead atoms. The van der Waals surface area contributed by atoms with Crippen molar-refractivity contribution >= 4 is 5.69 Å². The normalized spacial score (nSPS) is 12.5. The second kappa shape index (κ2) is 4.76. The van der Waals surface area contributed by atoms with E-state index >= 15 is 0 Å². The van der Waals surface area contributed by atoms with Crippen molar-refractivity contribution in [2.45, 2.75) is 19.9 Å². The lowest BCUT2D eigenvalue weighted by Gasteiger charge is -2.14. The van der Waals surface area contributed by atoms with Crippen LogP contribution in [-0.2, 0) is 7.05 Å². The molecule has 0 saturated heterocycles. The molecule has 96 valence electrons. The smallest absolute Gasteiger partial charge is 0.128 e. The Morgan fingerprint density at radius 2 is 1.83 bits per heavy atom. The van der Waals surface area contributed by atoms with E-state index in [2.05, 4.69) is 10.4 Å². The van der Waals surface area contributed by atoms with Crippen molar-refractivity contribution in [2.24, 2.45) is 7.05 Å². The van der Waals surface area contributed by atoms with Crippen molar-refractivity contribution in [3.63, 3.8) is 0 Å². The van der Waals surface area contributed by atoms with E-state index in [0.717, 1.165) is 17.3 Å². The van der Waals surface area contributed by atoms with E-state index in [1.165, 1.54) is 12.1 Å². The van der Waals surface area contributed by atoms with Crippen LogP contribution in [0.2, 0.25) is 0 Å². The first-order chi connectivity index (χ1) is 8.45. The number of aryl methyl sites for hydroxylation is 2. The lowest BCUT2D eigenvalue weighted by molar-refractivity contribution is 0.583.